The van der Waals surface area contributed by atoms with Crippen molar-refractivity contribution in [2.24, 2.45) is 16.3 Å². The maximum Gasteiger partial charge on any atom is 1.00 e. The summed E-state index contributed by atoms with van der Waals surface area (Å²) in [5.41, 5.74) is -1.15. The van der Waals surface area contributed by atoms with Gasteiger partial charge in [0.15, 0.2) is 0 Å². The van der Waals surface area contributed by atoms with Crippen molar-refractivity contribution in [3.05, 3.63) is 25.7 Å². The van der Waals surface area contributed by atoms with E-state index in [0.29, 0.717) is 6.42 Å². The molecule has 3 N–H and O–H groups in total. The zero-order valence-electron chi connectivity index (χ0n) is 16.2. The summed E-state index contributed by atoms with van der Waals surface area (Å²) in [5, 5.41) is 28.3. The van der Waals surface area contributed by atoms with Gasteiger partial charge in [0.1, 0.15) is 5.41 Å². The summed E-state index contributed by atoms with van der Waals surface area (Å²) < 4.78 is 4.36. The topological polar surface area (TPSA) is 131 Å². The number of ether oxygens (including phenoxy) is 1. The first-order chi connectivity index (χ1) is 11.8. The Morgan fingerprint density at radius 1 is 1.27 bits per heavy atom. The van der Waals surface area contributed by atoms with Gasteiger partial charge in [0, 0.05) is 0 Å². The van der Waals surface area contributed by atoms with Crippen LogP contribution in [-0.2, 0) is 14.3 Å². The van der Waals surface area contributed by atoms with E-state index in [-0.39, 0.29) is 48.7 Å². The van der Waals surface area contributed by atoms with Crippen molar-refractivity contribution in [2.75, 3.05) is 13.2 Å². The van der Waals surface area contributed by atoms with E-state index >= 15 is 0 Å². The maximum atomic E-state index is 11.9. The Morgan fingerprint density at radius 2 is 1.77 bits per heavy atom. The molecule has 1 rings (SSSR count). The van der Waals surface area contributed by atoms with Crippen molar-refractivity contribution in [1.82, 2.24) is 5.32 Å². The van der Waals surface area contributed by atoms with Crippen LogP contribution in [0.1, 0.15) is 40.0 Å². The van der Waals surface area contributed by atoms with Gasteiger partial charge in [0.25, 0.3) is 5.91 Å². The number of aliphatic imine (C=N–C) groups is 1. The Labute approximate surface area is 177 Å². The molecule has 2 atom stereocenters. The average molecular weight is 380 g/mol. The quantitative estimate of drug-likeness (QED) is 0.253. The fourth-order valence-electron chi connectivity index (χ4n) is 2.37. The van der Waals surface area contributed by atoms with Crippen LogP contribution in [0.3, 0.4) is 0 Å². The van der Waals surface area contributed by atoms with Crippen LogP contribution in [0.2, 0.25) is 0 Å². The predicted octanol–water partition coefficient (Wildman–Crippen LogP) is -2.54. The molecule has 0 saturated heterocycles. The number of nitrogens with one attached hydrogen (secondary N) is 1. The van der Waals surface area contributed by atoms with E-state index < -0.39 is 23.3 Å². The van der Waals surface area contributed by atoms with Crippen molar-refractivity contribution < 1.29 is 59.2 Å². The average Bonchev–Trinajstić information content (AvgIpc) is 2.57. The summed E-state index contributed by atoms with van der Waals surface area (Å²) in [6, 6.07) is -0.845. The molecule has 0 saturated carbocycles. The maximum absolute atomic E-state index is 11.9. The minimum absolute atomic E-state index is 0. The zero-order valence-corrected chi connectivity index (χ0v) is 18.2. The fourth-order valence-corrected chi connectivity index (χ4v) is 2.37. The van der Waals surface area contributed by atoms with E-state index in [1.807, 2.05) is 13.8 Å². The first-order valence-corrected chi connectivity index (χ1v) is 8.02. The molecule has 0 aromatic carbocycles. The molecule has 0 fully saturated rings. The number of hydrogen-bond acceptors (Lipinski definition) is 6. The fraction of sp³-hybridized carbons (Fsp3) is 0.588. The Morgan fingerprint density at radius 3 is 2.04 bits per heavy atom. The van der Waals surface area contributed by atoms with E-state index in [1.165, 1.54) is 12.5 Å². The molecule has 0 aliphatic carbocycles. The Bertz CT molecular complexity index is 462. The second kappa shape index (κ2) is 17.2. The van der Waals surface area contributed by atoms with Crippen LogP contribution in [0.5, 0.6) is 0 Å². The molecule has 0 aromatic rings. The number of aliphatic hydroxyl groups excluding tert-OH is 2. The molecular weight excluding hydrogens is 351 g/mol. The number of nitrogens with zero attached hydrogens (tertiary/aromatic N) is 1. The largest absolute Gasteiger partial charge is 1.00 e. The van der Waals surface area contributed by atoms with Gasteiger partial charge in [-0.25, -0.2) is 4.99 Å². The van der Waals surface area contributed by atoms with Crippen LogP contribution in [0.4, 0.5) is 0 Å². The van der Waals surface area contributed by atoms with Crippen molar-refractivity contribution in [2.45, 2.75) is 40.0 Å². The van der Waals surface area contributed by atoms with E-state index in [0.717, 1.165) is 12.8 Å². The van der Waals surface area contributed by atoms with Crippen molar-refractivity contribution in [3.63, 3.8) is 0 Å². The van der Waals surface area contributed by atoms with E-state index in [1.54, 1.807) is 6.92 Å². The third-order valence-electron chi connectivity index (χ3n) is 3.62. The van der Waals surface area contributed by atoms with Crippen LogP contribution in [-0.4, -0.2) is 41.3 Å². The molecule has 8 nitrogen and oxygen atoms in total. The van der Waals surface area contributed by atoms with Gasteiger partial charge in [0.2, 0.25) is 5.91 Å². The standard InChI is InChI=1S/C11H18N2O3.C4H6O.C2H6O2.Na/c1-4-6-7(3)11(5-2)8(14)12-10(16)13-9(11)15;1-3-5-4-2;3-1-2-4;/h7H,4-6H2,1-3H3,(H2,12,13,14,15,16);3-4H,1-2H2;3-4H,1-2H2;/q;;;+1/p-1. The summed E-state index contributed by atoms with van der Waals surface area (Å²) in [5.74, 6) is -1.20. The van der Waals surface area contributed by atoms with Crippen LogP contribution in [0.15, 0.2) is 30.7 Å². The van der Waals surface area contributed by atoms with Gasteiger partial charge in [-0.15, -0.1) is 0 Å². The summed E-state index contributed by atoms with van der Waals surface area (Å²) in [6.45, 7) is 11.9. The minimum atomic E-state index is -1.15. The first kappa shape index (κ1) is 29.6. The molecule has 0 spiro atoms. The summed E-state index contributed by atoms with van der Waals surface area (Å²) in [6.07, 6.45) is 4.64. The SMILES string of the molecule is C=COC=C.CCCC(C)C1(CC)C(=O)N=C([O-])NC1=O.OCCO.[Na+]. The summed E-state index contributed by atoms with van der Waals surface area (Å²) >= 11 is 0. The van der Waals surface area contributed by atoms with Crippen LogP contribution in [0.25, 0.3) is 0 Å². The van der Waals surface area contributed by atoms with Crippen LogP contribution >= 0.6 is 0 Å². The molecule has 0 aromatic heterocycles. The molecule has 1 aliphatic rings. The second-order valence-corrected chi connectivity index (χ2v) is 5.11. The van der Waals surface area contributed by atoms with E-state index in [9.17, 15) is 14.7 Å². The number of amidine groups is 1. The minimum Gasteiger partial charge on any atom is -0.846 e. The molecule has 26 heavy (non-hydrogen) atoms. The predicted molar refractivity (Wildman–Crippen MR) is 93.0 cm³/mol. The van der Waals surface area contributed by atoms with Gasteiger partial charge < -0.3 is 25.4 Å². The smallest absolute Gasteiger partial charge is 0.846 e. The van der Waals surface area contributed by atoms with E-state index in [4.69, 9.17) is 10.2 Å². The molecule has 0 radical (unpaired) electrons. The van der Waals surface area contributed by atoms with Gasteiger partial charge >= 0.3 is 29.6 Å². The summed E-state index contributed by atoms with van der Waals surface area (Å²) in [7, 11) is 0. The molecule has 2 unspecified atom stereocenters. The third kappa shape index (κ3) is 9.49. The number of rotatable bonds is 7. The number of carbonyl (C=O) groups excluding carboxylic acids is 2. The second-order valence-electron chi connectivity index (χ2n) is 5.11. The molecule has 0 bridgehead atoms. The number of hydrogen-bond donors (Lipinski definition) is 3. The first-order valence-electron chi connectivity index (χ1n) is 8.02. The van der Waals surface area contributed by atoms with Gasteiger partial charge in [-0.1, -0.05) is 40.3 Å². The third-order valence-corrected chi connectivity index (χ3v) is 3.62. The van der Waals surface area contributed by atoms with Gasteiger partial charge in [0.05, 0.1) is 31.8 Å². The Kier molecular flexibility index (Phi) is 19.6. The molecule has 2 amide bonds. The number of aliphatic hydroxyl groups is 2. The van der Waals surface area contributed by atoms with Crippen LogP contribution in [0, 0.1) is 11.3 Å². The van der Waals surface area contributed by atoms with E-state index in [2.05, 4.69) is 28.2 Å². The van der Waals surface area contributed by atoms with Gasteiger partial charge in [-0.2, -0.15) is 0 Å². The number of carbonyl (C=O) groups is 2. The van der Waals surface area contributed by atoms with Crippen molar-refractivity contribution in [1.29, 1.82) is 0 Å². The van der Waals surface area contributed by atoms with Crippen molar-refractivity contribution >= 4 is 17.8 Å². The van der Waals surface area contributed by atoms with Crippen molar-refractivity contribution in [3.8, 4) is 0 Å². The molecule has 1 aliphatic heterocycles. The monoisotopic (exact) mass is 380 g/mol. The Hall–Kier alpha value is -1.19. The summed E-state index contributed by atoms with van der Waals surface area (Å²) in [4.78, 5) is 27.1. The van der Waals surface area contributed by atoms with Gasteiger partial charge in [-0.05, 0) is 18.8 Å². The van der Waals surface area contributed by atoms with Crippen LogP contribution < -0.4 is 40.0 Å². The molecule has 144 valence electrons. The Balaban J connectivity index is -0.000000443. The molecule has 1 heterocycles. The number of amides is 2. The zero-order chi connectivity index (χ0) is 19.9. The normalized spacial score (nSPS) is 19.0. The molecule has 9 heteroatoms. The molecular formula is C17H29N2NaO6. The van der Waals surface area contributed by atoms with Gasteiger partial charge in [-0.3, -0.25) is 9.59 Å².